The van der Waals surface area contributed by atoms with E-state index in [1.54, 1.807) is 11.7 Å². The van der Waals surface area contributed by atoms with Crippen LogP contribution in [0.25, 0.3) is 0 Å². The Hall–Kier alpha value is -0.980. The molecule has 2 fully saturated rings. The predicted octanol–water partition coefficient (Wildman–Crippen LogP) is 1.70. The van der Waals surface area contributed by atoms with Crippen molar-refractivity contribution in [2.45, 2.75) is 25.3 Å². The lowest BCUT2D eigenvalue weighted by molar-refractivity contribution is -0.0259. The molecule has 2 atom stereocenters. The smallest absolute Gasteiger partial charge is 0.263 e. The molecule has 20 heavy (non-hydrogen) atoms. The maximum atomic E-state index is 12.2. The van der Waals surface area contributed by atoms with Gasteiger partial charge in [-0.1, -0.05) is 0 Å². The van der Waals surface area contributed by atoms with E-state index >= 15 is 0 Å². The van der Waals surface area contributed by atoms with Crippen LogP contribution in [0.1, 0.15) is 28.9 Å². The summed E-state index contributed by atoms with van der Waals surface area (Å²) in [4.78, 5) is 16.8. The van der Waals surface area contributed by atoms with E-state index in [0.29, 0.717) is 16.7 Å². The van der Waals surface area contributed by atoms with Crippen molar-refractivity contribution in [1.29, 1.82) is 0 Å². The minimum absolute atomic E-state index is 0.00328. The normalized spacial score (nSPS) is 28.2. The number of hydrogen-bond donors (Lipinski definition) is 1. The monoisotopic (exact) mass is 296 g/mol. The lowest BCUT2D eigenvalue weighted by atomic mass is 9.79. The maximum absolute atomic E-state index is 12.2. The van der Waals surface area contributed by atoms with Gasteiger partial charge in [-0.05, 0) is 25.2 Å². The zero-order chi connectivity index (χ0) is 13.8. The van der Waals surface area contributed by atoms with Gasteiger partial charge in [0.2, 0.25) is 0 Å². The van der Waals surface area contributed by atoms with Gasteiger partial charge in [0.05, 0.1) is 18.3 Å². The second-order valence-electron chi connectivity index (χ2n) is 5.42. The molecular formula is C14H20N2O3S. The molecule has 0 saturated carbocycles. The Morgan fingerprint density at radius 2 is 2.05 bits per heavy atom. The summed E-state index contributed by atoms with van der Waals surface area (Å²) in [6.07, 6.45) is 4.66. The quantitative estimate of drug-likeness (QED) is 0.922. The molecule has 0 spiro atoms. The summed E-state index contributed by atoms with van der Waals surface area (Å²) in [7, 11) is 0. The van der Waals surface area contributed by atoms with Crippen LogP contribution in [0.15, 0.2) is 11.7 Å². The Bertz CT molecular complexity index is 432. The van der Waals surface area contributed by atoms with Gasteiger partial charge in [-0.2, -0.15) is 0 Å². The van der Waals surface area contributed by atoms with E-state index in [-0.39, 0.29) is 11.9 Å². The molecule has 3 rings (SSSR count). The second kappa shape index (κ2) is 6.65. The van der Waals surface area contributed by atoms with Gasteiger partial charge in [0, 0.05) is 31.8 Å². The number of nitrogens with zero attached hydrogens (tertiary/aromatic N) is 1. The van der Waals surface area contributed by atoms with Gasteiger partial charge in [0.15, 0.2) is 0 Å². The molecule has 5 nitrogen and oxygen atoms in total. The van der Waals surface area contributed by atoms with E-state index in [1.807, 2.05) is 0 Å². The number of nitrogens with one attached hydrogen (secondary N) is 1. The molecule has 1 N–H and O–H groups in total. The number of aromatic nitrogens is 1. The van der Waals surface area contributed by atoms with Gasteiger partial charge in [0.25, 0.3) is 5.91 Å². The number of thiazole rings is 1. The van der Waals surface area contributed by atoms with Gasteiger partial charge in [-0.25, -0.2) is 0 Å². The first-order chi connectivity index (χ1) is 9.84. The topological polar surface area (TPSA) is 60.5 Å². The highest BCUT2D eigenvalue weighted by Crippen LogP contribution is 2.30. The van der Waals surface area contributed by atoms with Crippen LogP contribution in [0.2, 0.25) is 0 Å². The third-order valence-corrected chi connectivity index (χ3v) is 5.02. The molecule has 2 aliphatic heterocycles. The Kier molecular flexibility index (Phi) is 4.65. The lowest BCUT2D eigenvalue weighted by Crippen LogP contribution is -2.49. The van der Waals surface area contributed by atoms with E-state index in [4.69, 9.17) is 9.47 Å². The molecule has 2 saturated heterocycles. The molecular weight excluding hydrogens is 276 g/mol. The molecule has 0 bridgehead atoms. The number of ether oxygens (including phenoxy) is 2. The average Bonchev–Trinajstić information content (AvgIpc) is 3.03. The van der Waals surface area contributed by atoms with Crippen molar-refractivity contribution in [3.8, 4) is 0 Å². The summed E-state index contributed by atoms with van der Waals surface area (Å²) in [5.74, 6) is 0.997. The summed E-state index contributed by atoms with van der Waals surface area (Å²) in [6, 6.07) is 0.210. The van der Waals surface area contributed by atoms with Crippen LogP contribution in [-0.4, -0.2) is 43.4 Å². The first kappa shape index (κ1) is 14.0. The Balaban J connectivity index is 1.64. The standard InChI is InChI=1S/C14H20N2O3S/c17-14(13-7-15-9-20-13)16-12-3-6-19-8-11(12)10-1-4-18-5-2-10/h7,9-12H,1-6,8H2,(H,16,17)/t11-,12-/m0/s1. The van der Waals surface area contributed by atoms with Gasteiger partial charge < -0.3 is 14.8 Å². The zero-order valence-corrected chi connectivity index (χ0v) is 12.2. The fourth-order valence-corrected chi connectivity index (χ4v) is 3.64. The number of carbonyl (C=O) groups is 1. The van der Waals surface area contributed by atoms with Crippen LogP contribution in [0.3, 0.4) is 0 Å². The van der Waals surface area contributed by atoms with Crippen molar-refractivity contribution in [3.63, 3.8) is 0 Å². The molecule has 1 aromatic rings. The zero-order valence-electron chi connectivity index (χ0n) is 11.4. The van der Waals surface area contributed by atoms with E-state index in [1.165, 1.54) is 11.3 Å². The van der Waals surface area contributed by atoms with E-state index in [2.05, 4.69) is 10.3 Å². The highest BCUT2D eigenvalue weighted by Gasteiger charge is 2.34. The Morgan fingerprint density at radius 3 is 2.80 bits per heavy atom. The minimum atomic E-state index is -0.00328. The van der Waals surface area contributed by atoms with E-state index in [9.17, 15) is 4.79 Å². The highest BCUT2D eigenvalue weighted by molar-refractivity contribution is 7.11. The summed E-state index contributed by atoms with van der Waals surface area (Å²) < 4.78 is 11.1. The first-order valence-electron chi connectivity index (χ1n) is 7.19. The summed E-state index contributed by atoms with van der Waals surface area (Å²) in [5, 5.41) is 3.18. The summed E-state index contributed by atoms with van der Waals surface area (Å²) in [6.45, 7) is 3.14. The molecule has 1 aromatic heterocycles. The Labute approximate surface area is 122 Å². The van der Waals surface area contributed by atoms with Crippen molar-refractivity contribution in [1.82, 2.24) is 10.3 Å². The van der Waals surface area contributed by atoms with E-state index in [0.717, 1.165) is 45.7 Å². The Morgan fingerprint density at radius 1 is 1.25 bits per heavy atom. The molecule has 2 aliphatic rings. The van der Waals surface area contributed by atoms with Crippen molar-refractivity contribution in [2.75, 3.05) is 26.4 Å². The lowest BCUT2D eigenvalue weighted by Gasteiger charge is -2.38. The van der Waals surface area contributed by atoms with Crippen molar-refractivity contribution in [2.24, 2.45) is 11.8 Å². The summed E-state index contributed by atoms with van der Waals surface area (Å²) in [5.41, 5.74) is 1.69. The van der Waals surface area contributed by atoms with Crippen LogP contribution in [0.5, 0.6) is 0 Å². The minimum Gasteiger partial charge on any atom is -0.381 e. The van der Waals surface area contributed by atoms with Crippen LogP contribution in [0.4, 0.5) is 0 Å². The number of rotatable bonds is 3. The first-order valence-corrected chi connectivity index (χ1v) is 8.07. The van der Waals surface area contributed by atoms with Crippen LogP contribution >= 0.6 is 11.3 Å². The van der Waals surface area contributed by atoms with Crippen LogP contribution < -0.4 is 5.32 Å². The van der Waals surface area contributed by atoms with Crippen molar-refractivity contribution in [3.05, 3.63) is 16.6 Å². The molecule has 0 aliphatic carbocycles. The van der Waals surface area contributed by atoms with Crippen LogP contribution in [0, 0.1) is 11.8 Å². The van der Waals surface area contributed by atoms with Gasteiger partial charge in [-0.3, -0.25) is 9.78 Å². The fourth-order valence-electron chi connectivity index (χ4n) is 3.12. The van der Waals surface area contributed by atoms with Crippen molar-refractivity contribution < 1.29 is 14.3 Å². The van der Waals surface area contributed by atoms with Crippen LogP contribution in [-0.2, 0) is 9.47 Å². The molecule has 3 heterocycles. The number of carbonyl (C=O) groups excluding carboxylic acids is 1. The second-order valence-corrected chi connectivity index (χ2v) is 6.31. The molecule has 0 radical (unpaired) electrons. The number of hydrogen-bond acceptors (Lipinski definition) is 5. The maximum Gasteiger partial charge on any atom is 0.263 e. The van der Waals surface area contributed by atoms with Crippen molar-refractivity contribution >= 4 is 17.2 Å². The predicted molar refractivity (Wildman–Crippen MR) is 75.8 cm³/mol. The summed E-state index contributed by atoms with van der Waals surface area (Å²) >= 11 is 1.38. The third-order valence-electron chi connectivity index (χ3n) is 4.24. The third kappa shape index (κ3) is 3.19. The largest absolute Gasteiger partial charge is 0.381 e. The fraction of sp³-hybridized carbons (Fsp3) is 0.714. The molecule has 1 amide bonds. The molecule has 0 unspecified atom stereocenters. The average molecular weight is 296 g/mol. The molecule has 110 valence electrons. The number of amides is 1. The van der Waals surface area contributed by atoms with Gasteiger partial charge >= 0.3 is 0 Å². The molecule has 0 aromatic carbocycles. The SMILES string of the molecule is O=C(N[C@H]1CCOC[C@H]1C1CCOCC1)c1cncs1. The van der Waals surface area contributed by atoms with Gasteiger partial charge in [0.1, 0.15) is 4.88 Å². The highest BCUT2D eigenvalue weighted by atomic mass is 32.1. The van der Waals surface area contributed by atoms with E-state index < -0.39 is 0 Å². The molecule has 6 heteroatoms. The van der Waals surface area contributed by atoms with Gasteiger partial charge in [-0.15, -0.1) is 11.3 Å².